The van der Waals surface area contributed by atoms with Crippen molar-refractivity contribution < 1.29 is 0 Å². The van der Waals surface area contributed by atoms with Crippen LogP contribution in [0.4, 0.5) is 0 Å². The summed E-state index contributed by atoms with van der Waals surface area (Å²) in [5, 5.41) is 0. The molecule has 3 rings (SSSR count). The highest BCUT2D eigenvalue weighted by atomic mass is 14.3. The van der Waals surface area contributed by atoms with Crippen LogP contribution in [0, 0.1) is 12.8 Å². The lowest BCUT2D eigenvalue weighted by Gasteiger charge is -2.18. The van der Waals surface area contributed by atoms with Crippen LogP contribution in [0.15, 0.2) is 42.0 Å². The van der Waals surface area contributed by atoms with Gasteiger partial charge in [-0.25, -0.2) is 0 Å². The lowest BCUT2D eigenvalue weighted by molar-refractivity contribution is 0.647. The van der Waals surface area contributed by atoms with Gasteiger partial charge in [0.1, 0.15) is 0 Å². The molecule has 0 heterocycles. The zero-order valence-corrected chi connectivity index (χ0v) is 15.1. The third kappa shape index (κ3) is 2.87. The Morgan fingerprint density at radius 1 is 1.00 bits per heavy atom. The van der Waals surface area contributed by atoms with Gasteiger partial charge in [-0.1, -0.05) is 75.7 Å². The van der Waals surface area contributed by atoms with E-state index in [9.17, 15) is 0 Å². The quantitative estimate of drug-likeness (QED) is 0.584. The molecule has 1 aliphatic rings. The van der Waals surface area contributed by atoms with E-state index in [1.807, 2.05) is 0 Å². The Morgan fingerprint density at radius 2 is 1.74 bits per heavy atom. The highest BCUT2D eigenvalue weighted by molar-refractivity contribution is 5.85. The summed E-state index contributed by atoms with van der Waals surface area (Å²) in [6, 6.07) is 13.5. The molecule has 23 heavy (non-hydrogen) atoms. The summed E-state index contributed by atoms with van der Waals surface area (Å²) in [6.45, 7) is 11.5. The van der Waals surface area contributed by atoms with Crippen molar-refractivity contribution in [1.82, 2.24) is 0 Å². The van der Waals surface area contributed by atoms with Crippen LogP contribution in [0.1, 0.15) is 62.3 Å². The standard InChI is InChI=1S/C23H28/c1-6-16(4)19-13-18-11-12-20(15(2)3)23(22(18)14-19)21-10-8-7-9-17(21)5/h7-12,14-16H,6,13H2,1-5H3. The fourth-order valence-corrected chi connectivity index (χ4v) is 3.67. The summed E-state index contributed by atoms with van der Waals surface area (Å²) in [7, 11) is 0. The minimum absolute atomic E-state index is 0.538. The van der Waals surface area contributed by atoms with Crippen molar-refractivity contribution in [2.24, 2.45) is 5.92 Å². The second kappa shape index (κ2) is 6.35. The molecule has 2 aromatic carbocycles. The number of allylic oxidation sites excluding steroid dienone is 1. The van der Waals surface area contributed by atoms with Gasteiger partial charge in [-0.3, -0.25) is 0 Å². The summed E-state index contributed by atoms with van der Waals surface area (Å²) in [4.78, 5) is 0. The van der Waals surface area contributed by atoms with Gasteiger partial charge < -0.3 is 0 Å². The van der Waals surface area contributed by atoms with Gasteiger partial charge in [0.25, 0.3) is 0 Å². The van der Waals surface area contributed by atoms with Gasteiger partial charge in [-0.15, -0.1) is 0 Å². The molecule has 0 saturated heterocycles. The third-order valence-electron chi connectivity index (χ3n) is 5.37. The number of benzene rings is 2. The van der Waals surface area contributed by atoms with Crippen molar-refractivity contribution in [3.8, 4) is 11.1 Å². The highest BCUT2D eigenvalue weighted by Gasteiger charge is 2.23. The van der Waals surface area contributed by atoms with Crippen LogP contribution in [0.2, 0.25) is 0 Å². The van der Waals surface area contributed by atoms with Gasteiger partial charge in [0.2, 0.25) is 0 Å². The van der Waals surface area contributed by atoms with Crippen molar-refractivity contribution >= 4 is 6.08 Å². The lowest BCUT2D eigenvalue weighted by atomic mass is 9.86. The van der Waals surface area contributed by atoms with Crippen LogP contribution < -0.4 is 0 Å². The van der Waals surface area contributed by atoms with Crippen molar-refractivity contribution in [3.63, 3.8) is 0 Å². The smallest absolute Gasteiger partial charge is 0.00549 e. The van der Waals surface area contributed by atoms with Crippen LogP contribution in [-0.2, 0) is 6.42 Å². The zero-order chi connectivity index (χ0) is 16.6. The Balaban J connectivity index is 2.24. The Morgan fingerprint density at radius 3 is 2.39 bits per heavy atom. The van der Waals surface area contributed by atoms with Gasteiger partial charge in [0, 0.05) is 0 Å². The number of hydrogen-bond acceptors (Lipinski definition) is 0. The zero-order valence-electron chi connectivity index (χ0n) is 15.1. The molecule has 0 radical (unpaired) electrons. The molecule has 0 aliphatic heterocycles. The van der Waals surface area contributed by atoms with E-state index in [1.54, 1.807) is 5.57 Å². The fourth-order valence-electron chi connectivity index (χ4n) is 3.67. The van der Waals surface area contributed by atoms with E-state index >= 15 is 0 Å². The highest BCUT2D eigenvalue weighted by Crippen LogP contribution is 2.41. The van der Waals surface area contributed by atoms with E-state index in [2.05, 4.69) is 77.1 Å². The SMILES string of the molecule is CCC(C)C1=Cc2c(ccc(C(C)C)c2-c2ccccc2C)C1. The maximum Gasteiger partial charge on any atom is -0.00549 e. The predicted molar refractivity (Wildman–Crippen MR) is 102 cm³/mol. The van der Waals surface area contributed by atoms with E-state index in [0.29, 0.717) is 11.8 Å². The van der Waals surface area contributed by atoms with Gasteiger partial charge in [-0.05, 0) is 65.0 Å². The van der Waals surface area contributed by atoms with Gasteiger partial charge in [-0.2, -0.15) is 0 Å². The lowest BCUT2D eigenvalue weighted by Crippen LogP contribution is -1.99. The van der Waals surface area contributed by atoms with Crippen molar-refractivity contribution in [2.45, 2.75) is 53.4 Å². The molecule has 1 aliphatic carbocycles. The summed E-state index contributed by atoms with van der Waals surface area (Å²) >= 11 is 0. The van der Waals surface area contributed by atoms with Crippen LogP contribution in [-0.4, -0.2) is 0 Å². The molecule has 0 saturated carbocycles. The Hall–Kier alpha value is -1.82. The monoisotopic (exact) mass is 304 g/mol. The predicted octanol–water partition coefficient (Wildman–Crippen LogP) is 6.77. The van der Waals surface area contributed by atoms with Crippen LogP contribution in [0.3, 0.4) is 0 Å². The van der Waals surface area contributed by atoms with Crippen molar-refractivity contribution in [3.05, 3.63) is 64.2 Å². The average molecular weight is 304 g/mol. The maximum absolute atomic E-state index is 2.48. The summed E-state index contributed by atoms with van der Waals surface area (Å²) in [5.74, 6) is 1.21. The van der Waals surface area contributed by atoms with E-state index in [4.69, 9.17) is 0 Å². The third-order valence-corrected chi connectivity index (χ3v) is 5.37. The molecule has 120 valence electrons. The van der Waals surface area contributed by atoms with Gasteiger partial charge in [0.15, 0.2) is 0 Å². The van der Waals surface area contributed by atoms with Crippen LogP contribution in [0.5, 0.6) is 0 Å². The molecule has 0 fully saturated rings. The fraction of sp³-hybridized carbons (Fsp3) is 0.391. The van der Waals surface area contributed by atoms with Gasteiger partial charge >= 0.3 is 0 Å². The molecule has 2 aromatic rings. The molecular weight excluding hydrogens is 276 g/mol. The molecule has 0 bridgehead atoms. The maximum atomic E-state index is 2.48. The molecule has 0 aromatic heterocycles. The number of rotatable bonds is 4. The first-order valence-corrected chi connectivity index (χ1v) is 8.95. The summed E-state index contributed by atoms with van der Waals surface area (Å²) in [6.07, 6.45) is 4.83. The first kappa shape index (κ1) is 16.1. The Bertz CT molecular complexity index is 747. The number of fused-ring (bicyclic) bond motifs is 1. The minimum atomic E-state index is 0.538. The minimum Gasteiger partial charge on any atom is -0.0648 e. The second-order valence-corrected chi connectivity index (χ2v) is 7.28. The molecule has 0 N–H and O–H groups in total. The summed E-state index contributed by atoms with van der Waals surface area (Å²) < 4.78 is 0. The molecule has 0 nitrogen and oxygen atoms in total. The topological polar surface area (TPSA) is 0 Å². The average Bonchev–Trinajstić information content (AvgIpc) is 2.98. The molecule has 1 unspecified atom stereocenters. The molecular formula is C23H28. The number of aryl methyl sites for hydroxylation is 1. The molecule has 1 atom stereocenters. The Labute approximate surface area is 141 Å². The largest absolute Gasteiger partial charge is 0.0648 e. The van der Waals surface area contributed by atoms with E-state index < -0.39 is 0 Å². The van der Waals surface area contributed by atoms with Crippen molar-refractivity contribution in [1.29, 1.82) is 0 Å². The number of hydrogen-bond donors (Lipinski definition) is 0. The first-order valence-electron chi connectivity index (χ1n) is 8.95. The second-order valence-electron chi connectivity index (χ2n) is 7.28. The van der Waals surface area contributed by atoms with Crippen LogP contribution in [0.25, 0.3) is 17.2 Å². The normalized spacial score (nSPS) is 14.8. The molecule has 0 heteroatoms. The van der Waals surface area contributed by atoms with E-state index in [-0.39, 0.29) is 0 Å². The molecule has 0 amide bonds. The van der Waals surface area contributed by atoms with Crippen LogP contribution >= 0.6 is 0 Å². The summed E-state index contributed by atoms with van der Waals surface area (Å²) in [5.41, 5.74) is 10.3. The van der Waals surface area contributed by atoms with E-state index in [1.165, 1.54) is 39.8 Å². The van der Waals surface area contributed by atoms with E-state index in [0.717, 1.165) is 6.42 Å². The van der Waals surface area contributed by atoms with Gasteiger partial charge in [0.05, 0.1) is 0 Å². The van der Waals surface area contributed by atoms with Crippen molar-refractivity contribution in [2.75, 3.05) is 0 Å². The Kier molecular flexibility index (Phi) is 4.43. The molecule has 0 spiro atoms. The first-order chi connectivity index (χ1) is 11.0.